The minimum atomic E-state index is -0.502. The van der Waals surface area contributed by atoms with Crippen LogP contribution in [0.1, 0.15) is 24.0 Å². The van der Waals surface area contributed by atoms with Crippen LogP contribution in [0.4, 0.5) is 4.39 Å². The fraction of sp³-hybridized carbons (Fsp3) is 0.235. The van der Waals surface area contributed by atoms with E-state index in [2.05, 4.69) is 0 Å². The Balaban J connectivity index is 2.27. The van der Waals surface area contributed by atoms with Crippen LogP contribution in [-0.2, 0) is 11.2 Å². The number of benzene rings is 2. The van der Waals surface area contributed by atoms with E-state index >= 15 is 0 Å². The summed E-state index contributed by atoms with van der Waals surface area (Å²) in [6.07, 6.45) is 1.22. The summed E-state index contributed by atoms with van der Waals surface area (Å²) in [4.78, 5) is 11.3. The predicted molar refractivity (Wildman–Crippen MR) is 76.5 cm³/mol. The van der Waals surface area contributed by atoms with Gasteiger partial charge in [0.15, 0.2) is 0 Å². The maximum Gasteiger partial charge on any atom is 0.127 e. The maximum absolute atomic E-state index is 13.8. The first-order valence-electron chi connectivity index (χ1n) is 6.66. The minimum absolute atomic E-state index is 0.349. The summed E-state index contributed by atoms with van der Waals surface area (Å²) < 4.78 is 19.3. The molecule has 104 valence electrons. The zero-order valence-electron chi connectivity index (χ0n) is 11.4. The lowest BCUT2D eigenvalue weighted by Gasteiger charge is -2.15. The molecule has 2 nitrogen and oxygen atoms in total. The molecule has 2 rings (SSSR count). The molecular formula is C17H17FO2. The van der Waals surface area contributed by atoms with Crippen LogP contribution in [0, 0.1) is 5.82 Å². The molecule has 0 aliphatic heterocycles. The van der Waals surface area contributed by atoms with Crippen molar-refractivity contribution in [3.63, 3.8) is 0 Å². The maximum atomic E-state index is 13.8. The molecule has 0 aromatic heterocycles. The van der Waals surface area contributed by atoms with Crippen LogP contribution in [0.3, 0.4) is 0 Å². The van der Waals surface area contributed by atoms with Gasteiger partial charge in [-0.05, 0) is 36.6 Å². The van der Waals surface area contributed by atoms with Gasteiger partial charge in [0, 0.05) is 5.92 Å². The summed E-state index contributed by atoms with van der Waals surface area (Å²) in [5.74, 6) is -0.102. The molecule has 0 spiro atoms. The second-order valence-corrected chi connectivity index (χ2v) is 4.51. The van der Waals surface area contributed by atoms with Crippen molar-refractivity contribution < 1.29 is 13.9 Å². The largest absolute Gasteiger partial charge is 0.494 e. The Kier molecular flexibility index (Phi) is 4.88. The first-order chi connectivity index (χ1) is 9.76. The van der Waals surface area contributed by atoms with E-state index in [1.165, 1.54) is 6.07 Å². The molecule has 0 saturated heterocycles. The summed E-state index contributed by atoms with van der Waals surface area (Å²) in [5, 5.41) is 0. The molecule has 0 aliphatic carbocycles. The zero-order valence-corrected chi connectivity index (χ0v) is 11.4. The summed E-state index contributed by atoms with van der Waals surface area (Å²) in [5.41, 5.74) is 1.34. The molecule has 0 amide bonds. The van der Waals surface area contributed by atoms with E-state index in [-0.39, 0.29) is 5.82 Å². The fourth-order valence-electron chi connectivity index (χ4n) is 2.21. The zero-order chi connectivity index (χ0) is 14.4. The normalized spacial score (nSPS) is 11.9. The van der Waals surface area contributed by atoms with Gasteiger partial charge in [0.2, 0.25) is 0 Å². The Morgan fingerprint density at radius 1 is 1.15 bits per heavy atom. The summed E-state index contributed by atoms with van der Waals surface area (Å²) in [7, 11) is 0. The summed E-state index contributed by atoms with van der Waals surface area (Å²) in [6.45, 7) is 2.47. The molecule has 0 aliphatic rings. The third-order valence-electron chi connectivity index (χ3n) is 3.18. The SMILES string of the molecule is CCOc1ccccc1CC(C=O)c1ccccc1F. The Morgan fingerprint density at radius 3 is 2.55 bits per heavy atom. The number of halogens is 1. The first-order valence-corrected chi connectivity index (χ1v) is 6.66. The molecule has 1 unspecified atom stereocenters. The standard InChI is InChI=1S/C17H17FO2/c1-2-20-17-10-6-3-7-13(17)11-14(12-19)15-8-4-5-9-16(15)18/h3-10,12,14H,2,11H2,1H3. The van der Waals surface area contributed by atoms with Gasteiger partial charge in [-0.25, -0.2) is 4.39 Å². The number of hydrogen-bond acceptors (Lipinski definition) is 2. The molecule has 0 radical (unpaired) electrons. The molecule has 1 atom stereocenters. The minimum Gasteiger partial charge on any atom is -0.494 e. The van der Waals surface area contributed by atoms with Crippen LogP contribution in [0.2, 0.25) is 0 Å². The molecule has 0 bridgehead atoms. The molecule has 0 N–H and O–H groups in total. The lowest BCUT2D eigenvalue weighted by atomic mass is 9.92. The molecule has 2 aromatic rings. The molecular weight excluding hydrogens is 255 g/mol. The lowest BCUT2D eigenvalue weighted by Crippen LogP contribution is -2.08. The molecule has 0 heterocycles. The summed E-state index contributed by atoms with van der Waals surface area (Å²) >= 11 is 0. The van der Waals surface area contributed by atoms with Crippen LogP contribution in [0.25, 0.3) is 0 Å². The number of ether oxygens (including phenoxy) is 1. The van der Waals surface area contributed by atoms with E-state index in [0.29, 0.717) is 18.6 Å². The van der Waals surface area contributed by atoms with Crippen LogP contribution in [0.5, 0.6) is 5.75 Å². The van der Waals surface area contributed by atoms with Crippen LogP contribution < -0.4 is 4.74 Å². The second-order valence-electron chi connectivity index (χ2n) is 4.51. The molecule has 2 aromatic carbocycles. The average Bonchev–Trinajstić information content (AvgIpc) is 2.47. The van der Waals surface area contributed by atoms with E-state index in [1.807, 2.05) is 31.2 Å². The van der Waals surface area contributed by atoms with Gasteiger partial charge in [-0.3, -0.25) is 0 Å². The van der Waals surface area contributed by atoms with Crippen molar-refractivity contribution in [1.29, 1.82) is 0 Å². The van der Waals surface area contributed by atoms with E-state index in [0.717, 1.165) is 17.6 Å². The average molecular weight is 272 g/mol. The number of para-hydroxylation sites is 1. The summed E-state index contributed by atoms with van der Waals surface area (Å²) in [6, 6.07) is 13.9. The Morgan fingerprint density at radius 2 is 1.85 bits per heavy atom. The topological polar surface area (TPSA) is 26.3 Å². The molecule has 0 saturated carbocycles. The smallest absolute Gasteiger partial charge is 0.127 e. The van der Waals surface area contributed by atoms with Crippen molar-refractivity contribution >= 4 is 6.29 Å². The molecule has 0 fully saturated rings. The van der Waals surface area contributed by atoms with Crippen molar-refractivity contribution in [2.45, 2.75) is 19.3 Å². The van der Waals surface area contributed by atoms with E-state index < -0.39 is 5.92 Å². The first kappa shape index (κ1) is 14.3. The third kappa shape index (κ3) is 3.23. The number of hydrogen-bond donors (Lipinski definition) is 0. The molecule has 3 heteroatoms. The van der Waals surface area contributed by atoms with Crippen molar-refractivity contribution in [3.05, 3.63) is 65.5 Å². The van der Waals surface area contributed by atoms with Crippen molar-refractivity contribution in [2.24, 2.45) is 0 Å². The number of carbonyl (C=O) groups is 1. The third-order valence-corrected chi connectivity index (χ3v) is 3.18. The monoisotopic (exact) mass is 272 g/mol. The second kappa shape index (κ2) is 6.85. The van der Waals surface area contributed by atoms with Gasteiger partial charge in [0.1, 0.15) is 17.9 Å². The van der Waals surface area contributed by atoms with Gasteiger partial charge in [-0.1, -0.05) is 36.4 Å². The van der Waals surface area contributed by atoms with E-state index in [1.54, 1.807) is 18.2 Å². The van der Waals surface area contributed by atoms with Crippen LogP contribution >= 0.6 is 0 Å². The van der Waals surface area contributed by atoms with Gasteiger partial charge in [0.25, 0.3) is 0 Å². The highest BCUT2D eigenvalue weighted by atomic mass is 19.1. The highest BCUT2D eigenvalue weighted by Gasteiger charge is 2.17. The number of rotatable bonds is 6. The highest BCUT2D eigenvalue weighted by Crippen LogP contribution is 2.26. The van der Waals surface area contributed by atoms with Gasteiger partial charge in [0.05, 0.1) is 6.61 Å². The van der Waals surface area contributed by atoms with Crippen LogP contribution in [0.15, 0.2) is 48.5 Å². The Labute approximate surface area is 118 Å². The highest BCUT2D eigenvalue weighted by molar-refractivity contribution is 5.63. The van der Waals surface area contributed by atoms with Gasteiger partial charge >= 0.3 is 0 Å². The number of aldehydes is 1. The van der Waals surface area contributed by atoms with Gasteiger partial charge in [-0.2, -0.15) is 0 Å². The fourth-order valence-corrected chi connectivity index (χ4v) is 2.21. The number of carbonyl (C=O) groups excluding carboxylic acids is 1. The Bertz CT molecular complexity index is 581. The van der Waals surface area contributed by atoms with E-state index in [9.17, 15) is 9.18 Å². The van der Waals surface area contributed by atoms with Gasteiger partial charge < -0.3 is 9.53 Å². The van der Waals surface area contributed by atoms with Gasteiger partial charge in [-0.15, -0.1) is 0 Å². The van der Waals surface area contributed by atoms with Crippen LogP contribution in [-0.4, -0.2) is 12.9 Å². The van der Waals surface area contributed by atoms with E-state index in [4.69, 9.17) is 4.74 Å². The predicted octanol–water partition coefficient (Wildman–Crippen LogP) is 3.75. The molecule has 20 heavy (non-hydrogen) atoms. The quantitative estimate of drug-likeness (QED) is 0.749. The van der Waals surface area contributed by atoms with Crippen molar-refractivity contribution in [3.8, 4) is 5.75 Å². The lowest BCUT2D eigenvalue weighted by molar-refractivity contribution is -0.109. The van der Waals surface area contributed by atoms with Crippen molar-refractivity contribution in [1.82, 2.24) is 0 Å². The Hall–Kier alpha value is -2.16. The van der Waals surface area contributed by atoms with Crippen molar-refractivity contribution in [2.75, 3.05) is 6.61 Å².